The van der Waals surface area contributed by atoms with Gasteiger partial charge in [0.2, 0.25) is 0 Å². The molecule has 0 bridgehead atoms. The lowest BCUT2D eigenvalue weighted by Gasteiger charge is -2.13. The third-order valence-corrected chi connectivity index (χ3v) is 5.46. The van der Waals surface area contributed by atoms with Crippen molar-refractivity contribution in [2.24, 2.45) is 4.99 Å². The molecule has 1 aliphatic rings. The van der Waals surface area contributed by atoms with E-state index in [1.807, 2.05) is 31.2 Å². The van der Waals surface area contributed by atoms with Crippen LogP contribution in [0, 0.1) is 0 Å². The van der Waals surface area contributed by atoms with Gasteiger partial charge in [0.25, 0.3) is 5.91 Å². The van der Waals surface area contributed by atoms with Crippen LogP contribution in [0.3, 0.4) is 0 Å². The molecule has 2 aromatic rings. The number of carbonyl (C=O) groups excluding carboxylic acids is 1. The van der Waals surface area contributed by atoms with Crippen molar-refractivity contribution in [3.63, 3.8) is 0 Å². The highest BCUT2D eigenvalue weighted by Crippen LogP contribution is 2.09. The van der Waals surface area contributed by atoms with Crippen LogP contribution in [0.25, 0.3) is 0 Å². The second-order valence-corrected chi connectivity index (χ2v) is 8.22. The lowest BCUT2D eigenvalue weighted by molar-refractivity contribution is 0.0827. The molecule has 1 aromatic heterocycles. The fourth-order valence-corrected chi connectivity index (χ4v) is 3.79. The summed E-state index contributed by atoms with van der Waals surface area (Å²) in [6.45, 7) is 5.48. The first-order chi connectivity index (χ1) is 15.5. The van der Waals surface area contributed by atoms with Crippen LogP contribution in [0.15, 0.2) is 34.1 Å². The molecule has 2 N–H and O–H groups in total. The Morgan fingerprint density at radius 1 is 1.25 bits per heavy atom. The summed E-state index contributed by atoms with van der Waals surface area (Å²) in [5, 5.41) is 11.1. The van der Waals surface area contributed by atoms with Gasteiger partial charge in [-0.2, -0.15) is 5.10 Å². The number of nitrogens with zero attached hydrogens (tertiary/aromatic N) is 5. The zero-order valence-electron chi connectivity index (χ0n) is 19.4. The molecule has 3 rings (SSSR count). The number of aliphatic imine (C=N–C) groups is 1. The van der Waals surface area contributed by atoms with Gasteiger partial charge < -0.3 is 15.5 Å². The highest BCUT2D eigenvalue weighted by molar-refractivity contribution is 5.94. The van der Waals surface area contributed by atoms with E-state index in [1.165, 1.54) is 0 Å². The van der Waals surface area contributed by atoms with Crippen molar-refractivity contribution in [1.82, 2.24) is 29.9 Å². The van der Waals surface area contributed by atoms with E-state index in [9.17, 15) is 9.59 Å². The van der Waals surface area contributed by atoms with E-state index in [0.29, 0.717) is 25.2 Å². The minimum absolute atomic E-state index is 0.00342. The summed E-state index contributed by atoms with van der Waals surface area (Å²) in [5.74, 6) is 1.67. The largest absolute Gasteiger partial charge is 0.357 e. The van der Waals surface area contributed by atoms with Gasteiger partial charge in [0.05, 0.1) is 0 Å². The van der Waals surface area contributed by atoms with E-state index >= 15 is 0 Å². The third kappa shape index (κ3) is 6.21. The van der Waals surface area contributed by atoms with Gasteiger partial charge in [0, 0.05) is 58.8 Å². The van der Waals surface area contributed by atoms with Crippen molar-refractivity contribution in [2.45, 2.75) is 52.1 Å². The van der Waals surface area contributed by atoms with Gasteiger partial charge >= 0.3 is 5.69 Å². The molecule has 0 unspecified atom stereocenters. The Morgan fingerprint density at radius 3 is 2.84 bits per heavy atom. The lowest BCUT2D eigenvalue weighted by atomic mass is 10.1. The van der Waals surface area contributed by atoms with Gasteiger partial charge in [-0.15, -0.1) is 0 Å². The van der Waals surface area contributed by atoms with Gasteiger partial charge in [0.1, 0.15) is 5.82 Å². The van der Waals surface area contributed by atoms with Gasteiger partial charge in [-0.25, -0.2) is 9.48 Å². The maximum atomic E-state index is 12.4. The fourth-order valence-electron chi connectivity index (χ4n) is 3.79. The van der Waals surface area contributed by atoms with Crippen LogP contribution in [0.1, 0.15) is 47.9 Å². The van der Waals surface area contributed by atoms with Crippen molar-refractivity contribution in [3.05, 3.63) is 51.7 Å². The number of aromatic nitrogens is 3. The SMILES string of the molecule is CCNC(=NCCCn1nc2n(c1=O)CCCC2)NCCc1cccc(C(=O)N(C)C)c1. The van der Waals surface area contributed by atoms with Crippen molar-refractivity contribution >= 4 is 11.9 Å². The maximum Gasteiger partial charge on any atom is 0.345 e. The quantitative estimate of drug-likeness (QED) is 0.347. The van der Waals surface area contributed by atoms with E-state index in [1.54, 1.807) is 28.2 Å². The fraction of sp³-hybridized carbons (Fsp3) is 0.565. The number of fused-ring (bicyclic) bond motifs is 1. The zero-order valence-corrected chi connectivity index (χ0v) is 19.4. The molecular weight excluding hydrogens is 406 g/mol. The van der Waals surface area contributed by atoms with E-state index in [-0.39, 0.29) is 11.6 Å². The highest BCUT2D eigenvalue weighted by Gasteiger charge is 2.16. The first-order valence-electron chi connectivity index (χ1n) is 11.5. The molecule has 1 aromatic carbocycles. The number of amides is 1. The van der Waals surface area contributed by atoms with Gasteiger partial charge in [-0.3, -0.25) is 14.4 Å². The molecule has 32 heavy (non-hydrogen) atoms. The van der Waals surface area contributed by atoms with Crippen molar-refractivity contribution in [3.8, 4) is 0 Å². The number of hydrogen-bond donors (Lipinski definition) is 2. The normalized spacial score (nSPS) is 13.5. The molecule has 0 spiro atoms. The Balaban J connectivity index is 1.48. The van der Waals surface area contributed by atoms with E-state index in [4.69, 9.17) is 0 Å². The van der Waals surface area contributed by atoms with Gasteiger partial charge in [0.15, 0.2) is 5.96 Å². The highest BCUT2D eigenvalue weighted by atomic mass is 16.2. The molecule has 0 radical (unpaired) electrons. The summed E-state index contributed by atoms with van der Waals surface area (Å²) < 4.78 is 3.39. The molecule has 0 saturated heterocycles. The van der Waals surface area contributed by atoms with Crippen LogP contribution >= 0.6 is 0 Å². The first-order valence-corrected chi connectivity index (χ1v) is 11.5. The average molecular weight is 442 g/mol. The van der Waals surface area contributed by atoms with Crippen LogP contribution in [-0.2, 0) is 25.9 Å². The van der Waals surface area contributed by atoms with E-state index in [2.05, 4.69) is 20.7 Å². The Kier molecular flexibility index (Phi) is 8.47. The summed E-state index contributed by atoms with van der Waals surface area (Å²) >= 11 is 0. The van der Waals surface area contributed by atoms with Gasteiger partial charge in [-0.05, 0) is 50.3 Å². The maximum absolute atomic E-state index is 12.4. The Labute approximate surface area is 189 Å². The number of guanidine groups is 1. The molecule has 1 amide bonds. The smallest absolute Gasteiger partial charge is 0.345 e. The second kappa shape index (κ2) is 11.5. The predicted octanol–water partition coefficient (Wildman–Crippen LogP) is 1.27. The molecule has 0 fully saturated rings. The van der Waals surface area contributed by atoms with Crippen LogP contribution in [0.2, 0.25) is 0 Å². The molecular formula is C23H35N7O2. The molecule has 9 heteroatoms. The van der Waals surface area contributed by atoms with Crippen LogP contribution in [0.5, 0.6) is 0 Å². The van der Waals surface area contributed by atoms with E-state index < -0.39 is 0 Å². The third-order valence-electron chi connectivity index (χ3n) is 5.46. The molecule has 174 valence electrons. The standard InChI is InChI=1S/C23H35N7O2/c1-4-24-22(26-14-12-18-9-7-10-19(17-18)21(31)28(2)3)25-13-8-16-30-23(32)29-15-6-5-11-20(29)27-30/h7,9-10,17H,4-6,8,11-16H2,1-3H3,(H2,24,25,26). The summed E-state index contributed by atoms with van der Waals surface area (Å²) in [7, 11) is 3.51. The van der Waals surface area contributed by atoms with Crippen molar-refractivity contribution in [1.29, 1.82) is 0 Å². The molecule has 0 aliphatic carbocycles. The van der Waals surface area contributed by atoms with Crippen LogP contribution < -0.4 is 16.3 Å². The number of nitrogens with one attached hydrogen (secondary N) is 2. The lowest BCUT2D eigenvalue weighted by Crippen LogP contribution is -2.38. The van der Waals surface area contributed by atoms with Crippen molar-refractivity contribution in [2.75, 3.05) is 33.7 Å². The number of rotatable bonds is 9. The number of benzene rings is 1. The second-order valence-electron chi connectivity index (χ2n) is 8.22. The monoisotopic (exact) mass is 441 g/mol. The minimum atomic E-state index is 0.00342. The molecule has 0 atom stereocenters. The Hall–Kier alpha value is -3.10. The zero-order chi connectivity index (χ0) is 22.9. The van der Waals surface area contributed by atoms with Crippen molar-refractivity contribution < 1.29 is 4.79 Å². The van der Waals surface area contributed by atoms with Crippen LogP contribution in [0.4, 0.5) is 0 Å². The Bertz CT molecular complexity index is 990. The number of carbonyl (C=O) groups is 1. The topological polar surface area (TPSA) is 96.5 Å². The average Bonchev–Trinajstić information content (AvgIpc) is 3.12. The predicted molar refractivity (Wildman–Crippen MR) is 126 cm³/mol. The molecule has 2 heterocycles. The number of hydrogen-bond acceptors (Lipinski definition) is 4. The molecule has 0 saturated carbocycles. The summed E-state index contributed by atoms with van der Waals surface area (Å²) in [5.41, 5.74) is 1.80. The number of aryl methyl sites for hydroxylation is 2. The molecule has 9 nitrogen and oxygen atoms in total. The van der Waals surface area contributed by atoms with E-state index in [0.717, 1.165) is 62.5 Å². The van der Waals surface area contributed by atoms with Crippen LogP contribution in [-0.4, -0.2) is 64.8 Å². The summed E-state index contributed by atoms with van der Waals surface area (Å²) in [6.07, 6.45) is 4.59. The van der Waals surface area contributed by atoms with Gasteiger partial charge in [-0.1, -0.05) is 12.1 Å². The minimum Gasteiger partial charge on any atom is -0.357 e. The Morgan fingerprint density at radius 2 is 2.09 bits per heavy atom. The molecule has 1 aliphatic heterocycles. The first kappa shape index (κ1) is 23.6. The summed E-state index contributed by atoms with van der Waals surface area (Å²) in [4.78, 5) is 30.8. The summed E-state index contributed by atoms with van der Waals surface area (Å²) in [6, 6.07) is 7.73.